The maximum absolute atomic E-state index is 12.3. The van der Waals surface area contributed by atoms with Crippen LogP contribution < -0.4 is 11.1 Å². The number of H-pyrrole nitrogens is 1. The van der Waals surface area contributed by atoms with E-state index in [4.69, 9.17) is 5.73 Å². The van der Waals surface area contributed by atoms with E-state index in [0.29, 0.717) is 24.6 Å². The molecule has 0 saturated heterocycles. The second-order valence-corrected chi connectivity index (χ2v) is 8.24. The first-order chi connectivity index (χ1) is 15.6. The van der Waals surface area contributed by atoms with E-state index in [1.54, 1.807) is 10.9 Å². The van der Waals surface area contributed by atoms with E-state index < -0.39 is 0 Å². The van der Waals surface area contributed by atoms with Gasteiger partial charge in [0.25, 0.3) is 5.91 Å². The molecule has 0 atom stereocenters. The van der Waals surface area contributed by atoms with Crippen molar-refractivity contribution >= 4 is 24.3 Å². The first-order valence-electron chi connectivity index (χ1n) is 11.7. The highest BCUT2D eigenvalue weighted by Gasteiger charge is 2.06. The molecular formula is C24H36ClN7O. The van der Waals surface area contributed by atoms with E-state index in [1.807, 2.05) is 18.3 Å². The molecule has 0 radical (unpaired) electrons. The number of nitrogens with zero attached hydrogens (tertiary/aromatic N) is 4. The molecule has 3 rings (SSSR count). The van der Waals surface area contributed by atoms with Gasteiger partial charge < -0.3 is 16.0 Å². The summed E-state index contributed by atoms with van der Waals surface area (Å²) in [5.41, 5.74) is 9.64. The van der Waals surface area contributed by atoms with Crippen molar-refractivity contribution in [3.05, 3.63) is 59.2 Å². The van der Waals surface area contributed by atoms with Gasteiger partial charge in [0.1, 0.15) is 0 Å². The summed E-state index contributed by atoms with van der Waals surface area (Å²) in [6, 6.07) is 7.92. The van der Waals surface area contributed by atoms with Crippen LogP contribution in [0.4, 0.5) is 5.95 Å². The van der Waals surface area contributed by atoms with Crippen LogP contribution in [0.25, 0.3) is 0 Å². The Balaban J connectivity index is 0.00000385. The second kappa shape index (κ2) is 14.3. The molecular weight excluding hydrogens is 438 g/mol. The summed E-state index contributed by atoms with van der Waals surface area (Å²) < 4.78 is 1.79. The molecule has 0 spiro atoms. The average molecular weight is 474 g/mol. The Hall–Kier alpha value is -2.87. The molecule has 0 aliphatic carbocycles. The van der Waals surface area contributed by atoms with Crippen molar-refractivity contribution in [1.82, 2.24) is 30.3 Å². The van der Waals surface area contributed by atoms with Gasteiger partial charge in [-0.1, -0.05) is 43.5 Å². The SMILES string of the molecule is CCCCCc1ccc(C(=O)NCCn2cc(CCCCCc3cnc(N)[nH]3)nn2)cc1.Cl. The predicted octanol–water partition coefficient (Wildman–Crippen LogP) is 4.12. The van der Waals surface area contributed by atoms with Crippen LogP contribution in [-0.4, -0.2) is 37.4 Å². The molecule has 1 aromatic carbocycles. The zero-order valence-corrected chi connectivity index (χ0v) is 20.2. The number of benzene rings is 1. The number of unbranched alkanes of at least 4 members (excludes halogenated alkanes) is 4. The molecule has 1 amide bonds. The van der Waals surface area contributed by atoms with Gasteiger partial charge in [-0.2, -0.15) is 0 Å². The number of carbonyl (C=O) groups excluding carboxylic acids is 1. The summed E-state index contributed by atoms with van der Waals surface area (Å²) >= 11 is 0. The third kappa shape index (κ3) is 9.26. The number of nitrogens with one attached hydrogen (secondary N) is 2. The highest BCUT2D eigenvalue weighted by molar-refractivity contribution is 5.94. The molecule has 3 aromatic rings. The lowest BCUT2D eigenvalue weighted by Gasteiger charge is -2.06. The lowest BCUT2D eigenvalue weighted by atomic mass is 10.1. The second-order valence-electron chi connectivity index (χ2n) is 8.24. The summed E-state index contributed by atoms with van der Waals surface area (Å²) in [4.78, 5) is 19.4. The van der Waals surface area contributed by atoms with Crippen molar-refractivity contribution in [2.45, 2.75) is 71.3 Å². The van der Waals surface area contributed by atoms with Crippen LogP contribution in [0, 0.1) is 0 Å². The molecule has 180 valence electrons. The van der Waals surface area contributed by atoms with Crippen molar-refractivity contribution < 1.29 is 4.79 Å². The Morgan fingerprint density at radius 1 is 1.06 bits per heavy atom. The fourth-order valence-corrected chi connectivity index (χ4v) is 3.65. The number of imidazole rings is 1. The van der Waals surface area contributed by atoms with Gasteiger partial charge in [-0.25, -0.2) is 4.98 Å². The number of rotatable bonds is 14. The first-order valence-corrected chi connectivity index (χ1v) is 11.7. The molecule has 2 aromatic heterocycles. The maximum atomic E-state index is 12.3. The number of anilines is 1. The Morgan fingerprint density at radius 2 is 1.82 bits per heavy atom. The van der Waals surface area contributed by atoms with Gasteiger partial charge in [0, 0.05) is 24.0 Å². The quantitative estimate of drug-likeness (QED) is 0.304. The molecule has 0 aliphatic heterocycles. The number of nitrogen functional groups attached to an aromatic ring is 1. The summed E-state index contributed by atoms with van der Waals surface area (Å²) in [6.07, 6.45) is 13.6. The van der Waals surface area contributed by atoms with Crippen molar-refractivity contribution in [2.24, 2.45) is 0 Å². The highest BCUT2D eigenvalue weighted by atomic mass is 35.5. The largest absolute Gasteiger partial charge is 0.369 e. The summed E-state index contributed by atoms with van der Waals surface area (Å²) in [5.74, 6) is 0.424. The summed E-state index contributed by atoms with van der Waals surface area (Å²) in [6.45, 7) is 3.33. The molecule has 0 aliphatic rings. The number of halogens is 1. The van der Waals surface area contributed by atoms with Crippen LogP contribution in [0.3, 0.4) is 0 Å². The van der Waals surface area contributed by atoms with Crippen LogP contribution in [-0.2, 0) is 25.8 Å². The van der Waals surface area contributed by atoms with Crippen LogP contribution in [0.2, 0.25) is 0 Å². The van der Waals surface area contributed by atoms with E-state index in [1.165, 1.54) is 24.8 Å². The van der Waals surface area contributed by atoms with Gasteiger partial charge in [-0.05, 0) is 56.2 Å². The Labute approximate surface area is 202 Å². The standard InChI is InChI=1S/C24H35N7O.ClH/c1-2-3-5-8-19-11-13-20(14-12-19)23(32)26-15-16-31-18-22(29-30-31)10-7-4-6-9-21-17-27-24(25)28-21;/h11-14,17-18H,2-10,15-16H2,1H3,(H,26,32)(H3,25,27,28);1H. The number of carbonyl (C=O) groups is 1. The molecule has 2 heterocycles. The molecule has 0 saturated carbocycles. The van der Waals surface area contributed by atoms with Crippen LogP contribution >= 0.6 is 12.4 Å². The van der Waals surface area contributed by atoms with E-state index in [2.05, 4.69) is 44.7 Å². The number of hydrogen-bond donors (Lipinski definition) is 3. The third-order valence-corrected chi connectivity index (χ3v) is 5.52. The predicted molar refractivity (Wildman–Crippen MR) is 134 cm³/mol. The number of hydrogen-bond acceptors (Lipinski definition) is 5. The zero-order chi connectivity index (χ0) is 22.6. The smallest absolute Gasteiger partial charge is 0.251 e. The number of aryl methyl sites for hydroxylation is 3. The third-order valence-electron chi connectivity index (χ3n) is 5.52. The lowest BCUT2D eigenvalue weighted by molar-refractivity contribution is 0.0952. The number of aromatic nitrogens is 5. The molecule has 8 nitrogen and oxygen atoms in total. The number of amides is 1. The monoisotopic (exact) mass is 473 g/mol. The van der Waals surface area contributed by atoms with E-state index in [-0.39, 0.29) is 18.3 Å². The van der Waals surface area contributed by atoms with Gasteiger partial charge in [-0.3, -0.25) is 9.48 Å². The van der Waals surface area contributed by atoms with Gasteiger partial charge in [0.05, 0.1) is 18.4 Å². The van der Waals surface area contributed by atoms with Crippen LogP contribution in [0.15, 0.2) is 36.7 Å². The number of aromatic amines is 1. The maximum Gasteiger partial charge on any atom is 0.251 e. The van der Waals surface area contributed by atoms with E-state index in [0.717, 1.165) is 49.9 Å². The minimum absolute atomic E-state index is 0. The molecule has 9 heteroatoms. The topological polar surface area (TPSA) is 115 Å². The Bertz CT molecular complexity index is 952. The molecule has 4 N–H and O–H groups in total. The lowest BCUT2D eigenvalue weighted by Crippen LogP contribution is -2.27. The zero-order valence-electron chi connectivity index (χ0n) is 19.4. The fraction of sp³-hybridized carbons (Fsp3) is 0.500. The van der Waals surface area contributed by atoms with E-state index in [9.17, 15) is 4.79 Å². The molecule has 0 bridgehead atoms. The van der Waals surface area contributed by atoms with Crippen LogP contribution in [0.5, 0.6) is 0 Å². The Kier molecular flexibility index (Phi) is 11.4. The van der Waals surface area contributed by atoms with Gasteiger partial charge in [-0.15, -0.1) is 17.5 Å². The molecule has 0 fully saturated rings. The molecule has 0 unspecified atom stereocenters. The Morgan fingerprint density at radius 3 is 2.55 bits per heavy atom. The summed E-state index contributed by atoms with van der Waals surface area (Å²) in [7, 11) is 0. The van der Waals surface area contributed by atoms with Gasteiger partial charge in [0.15, 0.2) is 5.95 Å². The van der Waals surface area contributed by atoms with Crippen molar-refractivity contribution in [1.29, 1.82) is 0 Å². The average Bonchev–Trinajstić information content (AvgIpc) is 3.43. The highest BCUT2D eigenvalue weighted by Crippen LogP contribution is 2.10. The molecule has 33 heavy (non-hydrogen) atoms. The normalized spacial score (nSPS) is 10.7. The van der Waals surface area contributed by atoms with Crippen molar-refractivity contribution in [3.63, 3.8) is 0 Å². The number of nitrogens with two attached hydrogens (primary N) is 1. The minimum atomic E-state index is -0.0514. The van der Waals surface area contributed by atoms with E-state index >= 15 is 0 Å². The van der Waals surface area contributed by atoms with Crippen molar-refractivity contribution in [2.75, 3.05) is 12.3 Å². The fourth-order valence-electron chi connectivity index (χ4n) is 3.65. The summed E-state index contributed by atoms with van der Waals surface area (Å²) in [5, 5.41) is 11.4. The first kappa shape index (κ1) is 26.4. The minimum Gasteiger partial charge on any atom is -0.369 e. The van der Waals surface area contributed by atoms with Crippen molar-refractivity contribution in [3.8, 4) is 0 Å². The van der Waals surface area contributed by atoms with Gasteiger partial charge in [0.2, 0.25) is 0 Å². The van der Waals surface area contributed by atoms with Gasteiger partial charge >= 0.3 is 0 Å². The van der Waals surface area contributed by atoms with Crippen LogP contribution in [0.1, 0.15) is 72.8 Å².